The van der Waals surface area contributed by atoms with E-state index >= 15 is 0 Å². The van der Waals surface area contributed by atoms with Gasteiger partial charge in [-0.05, 0) is 25.0 Å². The zero-order valence-electron chi connectivity index (χ0n) is 12.1. The van der Waals surface area contributed by atoms with Crippen LogP contribution in [0.4, 0.5) is 5.82 Å². The highest BCUT2D eigenvalue weighted by Crippen LogP contribution is 2.03. The Morgan fingerprint density at radius 3 is 2.75 bits per heavy atom. The summed E-state index contributed by atoms with van der Waals surface area (Å²) in [6.45, 7) is 2.57. The Balaban J connectivity index is 2.10. The van der Waals surface area contributed by atoms with Crippen LogP contribution in [0.15, 0.2) is 18.3 Å². The van der Waals surface area contributed by atoms with Crippen LogP contribution in [0.25, 0.3) is 0 Å². The molecular weight excluding hydrogens is 258 g/mol. The molecule has 6 nitrogen and oxygen atoms in total. The van der Waals surface area contributed by atoms with E-state index < -0.39 is 0 Å². The molecular formula is C14H23N3O3. The first kappa shape index (κ1) is 16.4. The van der Waals surface area contributed by atoms with Crippen molar-refractivity contribution in [2.24, 2.45) is 0 Å². The third-order valence-electron chi connectivity index (χ3n) is 2.71. The molecule has 0 fully saturated rings. The minimum atomic E-state index is -0.0968. The Morgan fingerprint density at radius 2 is 2.10 bits per heavy atom. The fourth-order valence-corrected chi connectivity index (χ4v) is 1.55. The fraction of sp³-hybridized carbons (Fsp3) is 0.571. The molecule has 1 aromatic rings. The van der Waals surface area contributed by atoms with E-state index in [4.69, 9.17) is 9.47 Å². The second-order valence-electron chi connectivity index (χ2n) is 4.25. The highest BCUT2D eigenvalue weighted by molar-refractivity contribution is 5.93. The third-order valence-corrected chi connectivity index (χ3v) is 2.71. The molecule has 1 amide bonds. The summed E-state index contributed by atoms with van der Waals surface area (Å²) in [7, 11) is 3.44. The number of amides is 1. The normalized spacial score (nSPS) is 10.3. The van der Waals surface area contributed by atoms with Crippen molar-refractivity contribution in [2.45, 2.75) is 12.8 Å². The first-order valence-electron chi connectivity index (χ1n) is 6.76. The van der Waals surface area contributed by atoms with E-state index in [-0.39, 0.29) is 5.91 Å². The Bertz CT molecular complexity index is 382. The van der Waals surface area contributed by atoms with Crippen LogP contribution >= 0.6 is 0 Å². The van der Waals surface area contributed by atoms with Crippen molar-refractivity contribution in [2.75, 3.05) is 45.8 Å². The number of hydrogen-bond donors (Lipinski definition) is 2. The average molecular weight is 281 g/mol. The van der Waals surface area contributed by atoms with Crippen LogP contribution in [0, 0.1) is 0 Å². The maximum absolute atomic E-state index is 11.8. The van der Waals surface area contributed by atoms with Crippen LogP contribution in [0.1, 0.15) is 23.2 Å². The van der Waals surface area contributed by atoms with Crippen LogP contribution in [-0.2, 0) is 9.47 Å². The van der Waals surface area contributed by atoms with Crippen LogP contribution in [0.5, 0.6) is 0 Å². The molecule has 0 bridgehead atoms. The van der Waals surface area contributed by atoms with Gasteiger partial charge in [0.15, 0.2) is 0 Å². The zero-order valence-corrected chi connectivity index (χ0v) is 12.1. The van der Waals surface area contributed by atoms with Gasteiger partial charge in [0, 0.05) is 33.5 Å². The Morgan fingerprint density at radius 1 is 1.25 bits per heavy atom. The number of nitrogens with zero attached hydrogens (tertiary/aromatic N) is 1. The SMILES string of the molecule is CNc1ccc(C(=O)NCCCCOCCOC)cn1. The molecule has 0 aliphatic heterocycles. The molecule has 0 aliphatic carbocycles. The number of pyridine rings is 1. The molecule has 112 valence electrons. The van der Waals surface area contributed by atoms with E-state index in [1.165, 1.54) is 0 Å². The number of rotatable bonds is 10. The summed E-state index contributed by atoms with van der Waals surface area (Å²) in [5.41, 5.74) is 0.570. The number of methoxy groups -OCH3 is 1. The van der Waals surface area contributed by atoms with Crippen molar-refractivity contribution >= 4 is 11.7 Å². The minimum absolute atomic E-state index is 0.0968. The summed E-state index contributed by atoms with van der Waals surface area (Å²) in [5.74, 6) is 0.648. The van der Waals surface area contributed by atoms with Crippen molar-refractivity contribution in [3.8, 4) is 0 Å². The lowest BCUT2D eigenvalue weighted by Gasteiger charge is -2.06. The molecule has 1 rings (SSSR count). The molecule has 20 heavy (non-hydrogen) atoms. The van der Waals surface area contributed by atoms with Gasteiger partial charge in [-0.1, -0.05) is 0 Å². The van der Waals surface area contributed by atoms with Crippen molar-refractivity contribution in [3.05, 3.63) is 23.9 Å². The van der Waals surface area contributed by atoms with Crippen molar-refractivity contribution in [1.29, 1.82) is 0 Å². The quantitative estimate of drug-likeness (QED) is 0.632. The average Bonchev–Trinajstić information content (AvgIpc) is 2.50. The predicted molar refractivity (Wildman–Crippen MR) is 78.0 cm³/mol. The standard InChI is InChI=1S/C14H23N3O3/c1-15-13-6-5-12(11-17-13)14(18)16-7-3-4-8-20-10-9-19-2/h5-6,11H,3-4,7-10H2,1-2H3,(H,15,17)(H,16,18). The number of hydrogen-bond acceptors (Lipinski definition) is 5. The summed E-state index contributed by atoms with van der Waals surface area (Å²) in [6, 6.07) is 3.53. The van der Waals surface area contributed by atoms with Gasteiger partial charge < -0.3 is 20.1 Å². The van der Waals surface area contributed by atoms with Crippen LogP contribution in [0.2, 0.25) is 0 Å². The van der Waals surface area contributed by atoms with Gasteiger partial charge in [-0.25, -0.2) is 4.98 Å². The highest BCUT2D eigenvalue weighted by atomic mass is 16.5. The van der Waals surface area contributed by atoms with Crippen LogP contribution < -0.4 is 10.6 Å². The lowest BCUT2D eigenvalue weighted by atomic mass is 10.2. The number of carbonyl (C=O) groups excluding carboxylic acids is 1. The van der Waals surface area contributed by atoms with Gasteiger partial charge in [-0.15, -0.1) is 0 Å². The summed E-state index contributed by atoms with van der Waals surface area (Å²) >= 11 is 0. The van der Waals surface area contributed by atoms with Gasteiger partial charge in [0.2, 0.25) is 0 Å². The second-order valence-corrected chi connectivity index (χ2v) is 4.25. The molecule has 0 aromatic carbocycles. The molecule has 0 unspecified atom stereocenters. The smallest absolute Gasteiger partial charge is 0.252 e. The highest BCUT2D eigenvalue weighted by Gasteiger charge is 2.04. The maximum atomic E-state index is 11.8. The molecule has 0 spiro atoms. The Kier molecular flexibility index (Phi) is 8.33. The van der Waals surface area contributed by atoms with Crippen molar-refractivity contribution < 1.29 is 14.3 Å². The van der Waals surface area contributed by atoms with E-state index in [2.05, 4.69) is 15.6 Å². The molecule has 1 heterocycles. The first-order valence-corrected chi connectivity index (χ1v) is 6.76. The van der Waals surface area contributed by atoms with Gasteiger partial charge in [-0.3, -0.25) is 4.79 Å². The van der Waals surface area contributed by atoms with E-state index in [0.717, 1.165) is 18.7 Å². The van der Waals surface area contributed by atoms with Gasteiger partial charge >= 0.3 is 0 Å². The minimum Gasteiger partial charge on any atom is -0.382 e. The molecule has 0 radical (unpaired) electrons. The van der Waals surface area contributed by atoms with Crippen molar-refractivity contribution in [1.82, 2.24) is 10.3 Å². The van der Waals surface area contributed by atoms with E-state index in [0.29, 0.717) is 31.9 Å². The third kappa shape index (κ3) is 6.49. The number of anilines is 1. The molecule has 0 saturated heterocycles. The molecule has 6 heteroatoms. The number of unbranched alkanes of at least 4 members (excludes halogenated alkanes) is 1. The molecule has 2 N–H and O–H groups in total. The fourth-order valence-electron chi connectivity index (χ4n) is 1.55. The first-order chi connectivity index (χ1) is 9.77. The second kappa shape index (κ2) is 10.2. The van der Waals surface area contributed by atoms with Gasteiger partial charge in [0.25, 0.3) is 5.91 Å². The topological polar surface area (TPSA) is 72.5 Å². The van der Waals surface area contributed by atoms with Crippen LogP contribution in [0.3, 0.4) is 0 Å². The number of carbonyl (C=O) groups is 1. The molecule has 0 aliphatic rings. The molecule has 0 saturated carbocycles. The monoisotopic (exact) mass is 281 g/mol. The van der Waals surface area contributed by atoms with Gasteiger partial charge in [0.05, 0.1) is 18.8 Å². The summed E-state index contributed by atoms with van der Waals surface area (Å²) < 4.78 is 10.2. The number of aromatic nitrogens is 1. The lowest BCUT2D eigenvalue weighted by Crippen LogP contribution is -2.24. The van der Waals surface area contributed by atoms with Crippen molar-refractivity contribution in [3.63, 3.8) is 0 Å². The van der Waals surface area contributed by atoms with E-state index in [1.54, 1.807) is 32.5 Å². The van der Waals surface area contributed by atoms with E-state index in [9.17, 15) is 4.79 Å². The maximum Gasteiger partial charge on any atom is 0.252 e. The molecule has 0 atom stereocenters. The Hall–Kier alpha value is -1.66. The predicted octanol–water partition coefficient (Wildman–Crippen LogP) is 1.30. The van der Waals surface area contributed by atoms with E-state index in [1.807, 2.05) is 0 Å². The van der Waals surface area contributed by atoms with Gasteiger partial charge in [-0.2, -0.15) is 0 Å². The summed E-state index contributed by atoms with van der Waals surface area (Å²) in [4.78, 5) is 15.9. The number of nitrogens with one attached hydrogen (secondary N) is 2. The lowest BCUT2D eigenvalue weighted by molar-refractivity contribution is 0.0686. The zero-order chi connectivity index (χ0) is 14.6. The summed E-state index contributed by atoms with van der Waals surface area (Å²) in [5, 5.41) is 5.77. The summed E-state index contributed by atoms with van der Waals surface area (Å²) in [6.07, 6.45) is 3.37. The van der Waals surface area contributed by atoms with Gasteiger partial charge in [0.1, 0.15) is 5.82 Å². The van der Waals surface area contributed by atoms with Crippen LogP contribution in [-0.4, -0.2) is 51.4 Å². The number of ether oxygens (including phenoxy) is 2. The Labute approximate surface area is 119 Å². The largest absolute Gasteiger partial charge is 0.382 e. The molecule has 1 aromatic heterocycles.